The van der Waals surface area contributed by atoms with E-state index >= 15 is 4.39 Å². The lowest BCUT2D eigenvalue weighted by molar-refractivity contribution is 0.0587. The predicted molar refractivity (Wildman–Crippen MR) is 120 cm³/mol. The summed E-state index contributed by atoms with van der Waals surface area (Å²) in [5.74, 6) is -0.558. The van der Waals surface area contributed by atoms with Gasteiger partial charge in [0.15, 0.2) is 17.2 Å². The fourth-order valence-electron chi connectivity index (χ4n) is 5.05. The lowest BCUT2D eigenvalue weighted by atomic mass is 9.83. The van der Waals surface area contributed by atoms with Crippen molar-refractivity contribution in [2.45, 2.75) is 51.7 Å². The number of piperidine rings is 1. The molecule has 4 nitrogen and oxygen atoms in total. The van der Waals surface area contributed by atoms with Gasteiger partial charge in [-0.2, -0.15) is 0 Å². The van der Waals surface area contributed by atoms with Crippen LogP contribution >= 0.6 is 0 Å². The Labute approximate surface area is 192 Å². The quantitative estimate of drug-likeness (QED) is 0.520. The standard InChI is InChI=1S/C26H30F3NO3/c1-3-32-23-11-19-15-26(29,25(31)22(19)13-24(23)33-4-2)14-17-5-7-30(8-6-17)16-18-9-20(27)12-21(28)10-18/h9-13,17H,3-8,14-16H2,1-2H3. The van der Waals surface area contributed by atoms with Crippen molar-refractivity contribution in [1.29, 1.82) is 0 Å². The number of alkyl halides is 1. The van der Waals surface area contributed by atoms with Gasteiger partial charge in [0.1, 0.15) is 11.6 Å². The van der Waals surface area contributed by atoms with Crippen LogP contribution in [-0.4, -0.2) is 42.7 Å². The second kappa shape index (κ2) is 9.75. The van der Waals surface area contributed by atoms with Gasteiger partial charge >= 0.3 is 0 Å². The van der Waals surface area contributed by atoms with Crippen LogP contribution < -0.4 is 9.47 Å². The van der Waals surface area contributed by atoms with Crippen molar-refractivity contribution in [1.82, 2.24) is 4.90 Å². The third-order valence-electron chi connectivity index (χ3n) is 6.54. The molecule has 1 heterocycles. The van der Waals surface area contributed by atoms with E-state index in [9.17, 15) is 13.6 Å². The topological polar surface area (TPSA) is 38.8 Å². The Morgan fingerprint density at radius 3 is 2.18 bits per heavy atom. The van der Waals surface area contributed by atoms with Crippen LogP contribution in [0, 0.1) is 17.6 Å². The van der Waals surface area contributed by atoms with Crippen molar-refractivity contribution in [2.75, 3.05) is 26.3 Å². The molecule has 0 amide bonds. The third kappa shape index (κ3) is 5.18. The molecule has 2 aliphatic rings. The molecule has 1 aliphatic heterocycles. The van der Waals surface area contributed by atoms with E-state index in [1.54, 1.807) is 12.1 Å². The highest BCUT2D eigenvalue weighted by molar-refractivity contribution is 6.07. The lowest BCUT2D eigenvalue weighted by Crippen LogP contribution is -2.39. The number of rotatable bonds is 8. The first kappa shape index (κ1) is 23.6. The Kier molecular flexibility index (Phi) is 6.98. The summed E-state index contributed by atoms with van der Waals surface area (Å²) < 4.78 is 54.1. The summed E-state index contributed by atoms with van der Waals surface area (Å²) in [6.45, 7) is 6.44. The van der Waals surface area contributed by atoms with Gasteiger partial charge in [-0.3, -0.25) is 9.69 Å². The molecule has 178 valence electrons. The summed E-state index contributed by atoms with van der Waals surface area (Å²) >= 11 is 0. The number of fused-ring (bicyclic) bond motifs is 1. The molecule has 4 rings (SSSR count). The van der Waals surface area contributed by atoms with Crippen molar-refractivity contribution in [3.63, 3.8) is 0 Å². The molecular weight excluding hydrogens is 431 g/mol. The molecule has 1 aliphatic carbocycles. The Hall–Kier alpha value is -2.54. The molecule has 0 spiro atoms. The summed E-state index contributed by atoms with van der Waals surface area (Å²) in [5, 5.41) is 0. The van der Waals surface area contributed by atoms with E-state index in [4.69, 9.17) is 9.47 Å². The monoisotopic (exact) mass is 461 g/mol. The van der Waals surface area contributed by atoms with E-state index in [0.29, 0.717) is 61.0 Å². The van der Waals surface area contributed by atoms with E-state index in [2.05, 4.69) is 4.90 Å². The highest BCUT2D eigenvalue weighted by Gasteiger charge is 2.48. The summed E-state index contributed by atoms with van der Waals surface area (Å²) in [5.41, 5.74) is -0.283. The summed E-state index contributed by atoms with van der Waals surface area (Å²) in [6.07, 6.45) is 1.70. The molecule has 7 heteroatoms. The number of ether oxygens (including phenoxy) is 2. The zero-order valence-corrected chi connectivity index (χ0v) is 19.1. The minimum atomic E-state index is -1.92. The Bertz CT molecular complexity index is 1000. The van der Waals surface area contributed by atoms with Crippen LogP contribution in [0.2, 0.25) is 0 Å². The number of carbonyl (C=O) groups excluding carboxylic acids is 1. The average Bonchev–Trinajstić information content (AvgIpc) is 2.99. The molecule has 1 saturated heterocycles. The summed E-state index contributed by atoms with van der Waals surface area (Å²) in [4.78, 5) is 15.1. The number of nitrogens with zero attached hydrogens (tertiary/aromatic N) is 1. The van der Waals surface area contributed by atoms with E-state index < -0.39 is 23.1 Å². The molecule has 0 radical (unpaired) electrons. The number of hydrogen-bond donors (Lipinski definition) is 0. The first-order valence-electron chi connectivity index (χ1n) is 11.6. The molecule has 1 unspecified atom stereocenters. The molecule has 1 atom stereocenters. The van der Waals surface area contributed by atoms with E-state index in [1.807, 2.05) is 13.8 Å². The summed E-state index contributed by atoms with van der Waals surface area (Å²) in [6, 6.07) is 6.90. The number of Topliss-reactive ketones (excluding diaryl/α,β-unsaturated/α-hetero) is 1. The van der Waals surface area contributed by atoms with E-state index in [1.165, 1.54) is 12.1 Å². The summed E-state index contributed by atoms with van der Waals surface area (Å²) in [7, 11) is 0. The number of halogens is 3. The zero-order valence-electron chi connectivity index (χ0n) is 19.1. The van der Waals surface area contributed by atoms with E-state index in [-0.39, 0.29) is 18.8 Å². The van der Waals surface area contributed by atoms with Gasteiger partial charge in [0, 0.05) is 24.6 Å². The van der Waals surface area contributed by atoms with Gasteiger partial charge in [-0.05, 0) is 87.5 Å². The maximum absolute atomic E-state index is 15.9. The first-order chi connectivity index (χ1) is 15.8. The Morgan fingerprint density at radius 2 is 1.58 bits per heavy atom. The van der Waals surface area contributed by atoms with Crippen molar-refractivity contribution < 1.29 is 27.4 Å². The maximum Gasteiger partial charge on any atom is 0.200 e. The minimum Gasteiger partial charge on any atom is -0.490 e. The highest BCUT2D eigenvalue weighted by Crippen LogP contribution is 2.43. The lowest BCUT2D eigenvalue weighted by Gasteiger charge is -2.34. The van der Waals surface area contributed by atoms with Gasteiger partial charge in [0.05, 0.1) is 13.2 Å². The number of benzene rings is 2. The minimum absolute atomic E-state index is 0.0520. The number of carbonyl (C=O) groups is 1. The number of ketones is 1. The molecule has 0 saturated carbocycles. The van der Waals surface area contributed by atoms with Gasteiger partial charge < -0.3 is 9.47 Å². The fourth-order valence-corrected chi connectivity index (χ4v) is 5.05. The van der Waals surface area contributed by atoms with Crippen LogP contribution in [0.5, 0.6) is 11.5 Å². The first-order valence-corrected chi connectivity index (χ1v) is 11.6. The molecule has 1 fully saturated rings. The molecule has 2 aromatic carbocycles. The predicted octanol–water partition coefficient (Wildman–Crippen LogP) is 5.51. The average molecular weight is 462 g/mol. The SMILES string of the molecule is CCOc1cc2c(cc1OCC)C(=O)C(F)(CC1CCN(Cc3cc(F)cc(F)c3)CC1)C2. The molecule has 0 N–H and O–H groups in total. The van der Waals surface area contributed by atoms with Gasteiger partial charge in [-0.25, -0.2) is 13.2 Å². The van der Waals surface area contributed by atoms with Crippen molar-refractivity contribution >= 4 is 5.78 Å². The molecule has 0 aromatic heterocycles. The normalized spacial score (nSPS) is 21.3. The molecular formula is C26H30F3NO3. The Morgan fingerprint density at radius 1 is 0.970 bits per heavy atom. The van der Waals surface area contributed by atoms with Gasteiger partial charge in [-0.1, -0.05) is 0 Å². The van der Waals surface area contributed by atoms with Crippen LogP contribution in [0.1, 0.15) is 54.6 Å². The zero-order chi connectivity index (χ0) is 23.6. The third-order valence-corrected chi connectivity index (χ3v) is 6.54. The van der Waals surface area contributed by atoms with Gasteiger partial charge in [0.2, 0.25) is 5.78 Å². The fraction of sp³-hybridized carbons (Fsp3) is 0.500. The maximum atomic E-state index is 15.9. The van der Waals surface area contributed by atoms with Crippen LogP contribution in [0.15, 0.2) is 30.3 Å². The Balaban J connectivity index is 1.39. The molecule has 33 heavy (non-hydrogen) atoms. The van der Waals surface area contributed by atoms with E-state index in [0.717, 1.165) is 18.9 Å². The van der Waals surface area contributed by atoms with Crippen LogP contribution in [0.3, 0.4) is 0 Å². The van der Waals surface area contributed by atoms with Crippen molar-refractivity contribution in [3.8, 4) is 11.5 Å². The van der Waals surface area contributed by atoms with Gasteiger partial charge in [-0.15, -0.1) is 0 Å². The van der Waals surface area contributed by atoms with Crippen LogP contribution in [-0.2, 0) is 13.0 Å². The van der Waals surface area contributed by atoms with Crippen LogP contribution in [0.4, 0.5) is 13.2 Å². The largest absolute Gasteiger partial charge is 0.490 e. The van der Waals surface area contributed by atoms with Crippen molar-refractivity contribution in [3.05, 3.63) is 58.7 Å². The second-order valence-electron chi connectivity index (χ2n) is 8.99. The number of likely N-dealkylation sites (tertiary alicyclic amines) is 1. The van der Waals surface area contributed by atoms with Gasteiger partial charge in [0.25, 0.3) is 0 Å². The van der Waals surface area contributed by atoms with Crippen molar-refractivity contribution in [2.24, 2.45) is 5.92 Å². The smallest absolute Gasteiger partial charge is 0.200 e. The molecule has 2 aromatic rings. The molecule has 0 bridgehead atoms. The van der Waals surface area contributed by atoms with Crippen LogP contribution in [0.25, 0.3) is 0 Å². The highest BCUT2D eigenvalue weighted by atomic mass is 19.1. The second-order valence-corrected chi connectivity index (χ2v) is 8.99. The number of hydrogen-bond acceptors (Lipinski definition) is 4.